The van der Waals surface area contributed by atoms with Crippen molar-refractivity contribution in [2.75, 3.05) is 18.0 Å². The Labute approximate surface area is 119 Å². The fourth-order valence-electron chi connectivity index (χ4n) is 2.23. The Kier molecular flexibility index (Phi) is 3.87. The van der Waals surface area contributed by atoms with Crippen LogP contribution in [0.1, 0.15) is 12.0 Å². The highest BCUT2D eigenvalue weighted by atomic mass is 79.9. The smallest absolute Gasteiger partial charge is 0.222 e. The molecule has 0 radical (unpaired) electrons. The molecule has 0 aromatic heterocycles. The molecule has 0 aliphatic carbocycles. The molecule has 6 heteroatoms. The van der Waals surface area contributed by atoms with Gasteiger partial charge in [-0.15, -0.1) is 0 Å². The number of halogens is 1. The predicted octanol–water partition coefficient (Wildman–Crippen LogP) is 1.39. The number of anilines is 1. The maximum Gasteiger partial charge on any atom is 0.222 e. The number of hydrogen-bond acceptors (Lipinski definition) is 3. The molecular formula is C12H14BrN3OS. The zero-order valence-corrected chi connectivity index (χ0v) is 12.1. The lowest BCUT2D eigenvalue weighted by Crippen LogP contribution is -2.28. The monoisotopic (exact) mass is 327 g/mol. The average Bonchev–Trinajstić information content (AvgIpc) is 2.77. The molecule has 0 saturated carbocycles. The maximum atomic E-state index is 11.2. The average molecular weight is 328 g/mol. The van der Waals surface area contributed by atoms with Crippen molar-refractivity contribution in [3.8, 4) is 0 Å². The van der Waals surface area contributed by atoms with Gasteiger partial charge < -0.3 is 16.4 Å². The van der Waals surface area contributed by atoms with Crippen molar-refractivity contribution in [3.63, 3.8) is 0 Å². The van der Waals surface area contributed by atoms with Crippen molar-refractivity contribution in [1.82, 2.24) is 0 Å². The Morgan fingerprint density at radius 2 is 2.17 bits per heavy atom. The second kappa shape index (κ2) is 5.24. The lowest BCUT2D eigenvalue weighted by molar-refractivity contribution is -0.121. The number of carbonyl (C=O) groups excluding carboxylic acids is 1. The minimum absolute atomic E-state index is 0.0943. The molecule has 1 amide bonds. The first-order chi connectivity index (χ1) is 8.50. The van der Waals surface area contributed by atoms with Crippen LogP contribution in [0, 0.1) is 5.92 Å². The third-order valence-corrected chi connectivity index (χ3v) is 4.03. The van der Waals surface area contributed by atoms with Gasteiger partial charge in [0.2, 0.25) is 5.91 Å². The molecule has 1 aliphatic heterocycles. The molecule has 96 valence electrons. The van der Waals surface area contributed by atoms with Gasteiger partial charge in [-0.1, -0.05) is 18.3 Å². The van der Waals surface area contributed by atoms with E-state index in [-0.39, 0.29) is 11.8 Å². The molecule has 4 N–H and O–H groups in total. The van der Waals surface area contributed by atoms with E-state index in [0.717, 1.165) is 28.7 Å². The van der Waals surface area contributed by atoms with Crippen LogP contribution in [-0.4, -0.2) is 24.0 Å². The van der Waals surface area contributed by atoms with Gasteiger partial charge in [-0.05, 0) is 34.5 Å². The van der Waals surface area contributed by atoms with Gasteiger partial charge in [0.25, 0.3) is 0 Å². The summed E-state index contributed by atoms with van der Waals surface area (Å²) in [5, 5.41) is 0. The van der Waals surface area contributed by atoms with E-state index >= 15 is 0 Å². The van der Waals surface area contributed by atoms with Crippen LogP contribution in [-0.2, 0) is 4.79 Å². The summed E-state index contributed by atoms with van der Waals surface area (Å²) < 4.78 is 0.870. The molecule has 0 bridgehead atoms. The fourth-order valence-corrected chi connectivity index (χ4v) is 3.15. The van der Waals surface area contributed by atoms with Gasteiger partial charge in [0, 0.05) is 28.8 Å². The number of rotatable bonds is 3. The molecule has 1 heterocycles. The lowest BCUT2D eigenvalue weighted by atomic mass is 10.1. The third kappa shape index (κ3) is 2.49. The van der Waals surface area contributed by atoms with Gasteiger partial charge in [0.05, 0.1) is 5.92 Å². The van der Waals surface area contributed by atoms with E-state index in [1.807, 2.05) is 18.2 Å². The largest absolute Gasteiger partial charge is 0.389 e. The summed E-state index contributed by atoms with van der Waals surface area (Å²) in [5.41, 5.74) is 12.9. The molecule has 4 nitrogen and oxygen atoms in total. The predicted molar refractivity (Wildman–Crippen MR) is 79.5 cm³/mol. The Morgan fingerprint density at radius 3 is 2.72 bits per heavy atom. The van der Waals surface area contributed by atoms with Gasteiger partial charge in [0.15, 0.2) is 0 Å². The molecular weight excluding hydrogens is 314 g/mol. The molecule has 1 aliphatic rings. The SMILES string of the molecule is NC(=O)C1CCN(c2cccc(Br)c2C(N)=S)C1. The van der Waals surface area contributed by atoms with Crippen LogP contribution in [0.3, 0.4) is 0 Å². The van der Waals surface area contributed by atoms with E-state index in [4.69, 9.17) is 23.7 Å². The number of nitrogens with zero attached hydrogens (tertiary/aromatic N) is 1. The van der Waals surface area contributed by atoms with Crippen molar-refractivity contribution in [2.24, 2.45) is 17.4 Å². The van der Waals surface area contributed by atoms with Crippen molar-refractivity contribution in [1.29, 1.82) is 0 Å². The summed E-state index contributed by atoms with van der Waals surface area (Å²) >= 11 is 8.54. The highest BCUT2D eigenvalue weighted by molar-refractivity contribution is 9.10. The molecule has 18 heavy (non-hydrogen) atoms. The lowest BCUT2D eigenvalue weighted by Gasteiger charge is -2.22. The van der Waals surface area contributed by atoms with Crippen LogP contribution in [0.15, 0.2) is 22.7 Å². The number of hydrogen-bond donors (Lipinski definition) is 2. The minimum Gasteiger partial charge on any atom is -0.389 e. The number of amides is 1. The van der Waals surface area contributed by atoms with Gasteiger partial charge in [-0.3, -0.25) is 4.79 Å². The topological polar surface area (TPSA) is 72.4 Å². The van der Waals surface area contributed by atoms with Crippen LogP contribution >= 0.6 is 28.1 Å². The number of thiocarbonyl (C=S) groups is 1. The zero-order chi connectivity index (χ0) is 13.3. The second-order valence-corrected chi connectivity index (χ2v) is 5.63. The second-order valence-electron chi connectivity index (χ2n) is 4.33. The molecule has 1 saturated heterocycles. The summed E-state index contributed by atoms with van der Waals surface area (Å²) in [6.45, 7) is 1.42. The fraction of sp³-hybridized carbons (Fsp3) is 0.333. The third-order valence-electron chi connectivity index (χ3n) is 3.17. The van der Waals surface area contributed by atoms with E-state index in [1.165, 1.54) is 0 Å². The summed E-state index contributed by atoms with van der Waals surface area (Å²) in [4.78, 5) is 13.7. The first kappa shape index (κ1) is 13.3. The first-order valence-electron chi connectivity index (χ1n) is 5.63. The van der Waals surface area contributed by atoms with Crippen LogP contribution in [0.4, 0.5) is 5.69 Å². The summed E-state index contributed by atoms with van der Waals surface area (Å²) in [6, 6.07) is 5.79. The quantitative estimate of drug-likeness (QED) is 0.823. The van der Waals surface area contributed by atoms with Gasteiger partial charge >= 0.3 is 0 Å². The van der Waals surface area contributed by atoms with Crippen LogP contribution < -0.4 is 16.4 Å². The Balaban J connectivity index is 2.32. The van der Waals surface area contributed by atoms with Crippen molar-refractivity contribution in [2.45, 2.75) is 6.42 Å². The standard InChI is InChI=1S/C12H14BrN3OS/c13-8-2-1-3-9(10(8)12(15)18)16-5-4-7(6-16)11(14)17/h1-3,7H,4-6H2,(H2,14,17)(H2,15,18). The Morgan fingerprint density at radius 1 is 1.44 bits per heavy atom. The van der Waals surface area contributed by atoms with Crippen molar-refractivity contribution < 1.29 is 4.79 Å². The van der Waals surface area contributed by atoms with Gasteiger partial charge in [-0.2, -0.15) is 0 Å². The Bertz CT molecular complexity index is 506. The normalized spacial score (nSPS) is 18.9. The molecule has 1 aromatic carbocycles. The zero-order valence-electron chi connectivity index (χ0n) is 9.73. The maximum absolute atomic E-state index is 11.2. The number of benzene rings is 1. The summed E-state index contributed by atoms with van der Waals surface area (Å²) in [6.07, 6.45) is 0.776. The highest BCUT2D eigenvalue weighted by Crippen LogP contribution is 2.31. The summed E-state index contributed by atoms with van der Waals surface area (Å²) in [5.74, 6) is -0.340. The number of nitrogens with two attached hydrogens (primary N) is 2. The number of primary amides is 1. The van der Waals surface area contributed by atoms with Gasteiger partial charge in [-0.25, -0.2) is 0 Å². The van der Waals surface area contributed by atoms with Crippen LogP contribution in [0.25, 0.3) is 0 Å². The molecule has 0 spiro atoms. The molecule has 1 atom stereocenters. The van der Waals surface area contributed by atoms with Crippen molar-refractivity contribution in [3.05, 3.63) is 28.2 Å². The van der Waals surface area contributed by atoms with Crippen LogP contribution in [0.5, 0.6) is 0 Å². The molecule has 1 aromatic rings. The number of carbonyl (C=O) groups is 1. The van der Waals surface area contributed by atoms with E-state index in [0.29, 0.717) is 11.5 Å². The molecule has 1 unspecified atom stereocenters. The highest BCUT2D eigenvalue weighted by Gasteiger charge is 2.28. The minimum atomic E-state index is -0.246. The van der Waals surface area contributed by atoms with E-state index in [2.05, 4.69) is 20.8 Å². The van der Waals surface area contributed by atoms with Crippen molar-refractivity contribution >= 4 is 44.7 Å². The molecule has 1 fully saturated rings. The Hall–Kier alpha value is -1.14. The van der Waals surface area contributed by atoms with E-state index < -0.39 is 0 Å². The first-order valence-corrected chi connectivity index (χ1v) is 6.83. The summed E-state index contributed by atoms with van der Waals surface area (Å²) in [7, 11) is 0. The molecule has 2 rings (SSSR count). The van der Waals surface area contributed by atoms with E-state index in [1.54, 1.807) is 0 Å². The van der Waals surface area contributed by atoms with Crippen LogP contribution in [0.2, 0.25) is 0 Å². The van der Waals surface area contributed by atoms with E-state index in [9.17, 15) is 4.79 Å². The van der Waals surface area contributed by atoms with Gasteiger partial charge in [0.1, 0.15) is 4.99 Å².